The summed E-state index contributed by atoms with van der Waals surface area (Å²) < 4.78 is 10.7. The maximum atomic E-state index is 5.52. The van der Waals surface area contributed by atoms with Crippen molar-refractivity contribution < 1.29 is 9.47 Å². The van der Waals surface area contributed by atoms with E-state index in [0.29, 0.717) is 11.8 Å². The van der Waals surface area contributed by atoms with Crippen molar-refractivity contribution in [2.45, 2.75) is 19.3 Å². The van der Waals surface area contributed by atoms with Crippen molar-refractivity contribution in [1.29, 1.82) is 0 Å². The molecule has 0 N–H and O–H groups in total. The van der Waals surface area contributed by atoms with Crippen LogP contribution in [0.15, 0.2) is 0 Å². The Kier molecular flexibility index (Phi) is 5.74. The smallest absolute Gasteiger partial charge is 0.0495 e. The van der Waals surface area contributed by atoms with Gasteiger partial charge in [0.15, 0.2) is 0 Å². The first-order valence-electron chi connectivity index (χ1n) is 4.65. The van der Waals surface area contributed by atoms with Crippen molar-refractivity contribution in [1.82, 2.24) is 0 Å². The van der Waals surface area contributed by atoms with Gasteiger partial charge in [-0.3, -0.25) is 0 Å². The second-order valence-corrected chi connectivity index (χ2v) is 3.55. The van der Waals surface area contributed by atoms with Crippen LogP contribution in [0.3, 0.4) is 0 Å². The molecule has 0 spiro atoms. The first-order chi connectivity index (χ1) is 5.93. The molecule has 0 saturated carbocycles. The Morgan fingerprint density at radius 1 is 1.33 bits per heavy atom. The third kappa shape index (κ3) is 4.29. The summed E-state index contributed by atoms with van der Waals surface area (Å²) in [6.07, 6.45) is 3.27. The van der Waals surface area contributed by atoms with E-state index in [2.05, 4.69) is 0 Å². The van der Waals surface area contributed by atoms with Crippen LogP contribution in [0.25, 0.3) is 0 Å². The Morgan fingerprint density at radius 3 is 2.75 bits per heavy atom. The monoisotopic (exact) mass is 192 g/mol. The zero-order valence-corrected chi connectivity index (χ0v) is 8.18. The van der Waals surface area contributed by atoms with Crippen LogP contribution in [-0.2, 0) is 9.47 Å². The van der Waals surface area contributed by atoms with Gasteiger partial charge in [-0.1, -0.05) is 0 Å². The molecule has 0 unspecified atom stereocenters. The van der Waals surface area contributed by atoms with Crippen molar-refractivity contribution in [3.63, 3.8) is 0 Å². The minimum atomic E-state index is 0.702. The van der Waals surface area contributed by atoms with Crippen LogP contribution in [0.4, 0.5) is 0 Å². The molecule has 0 aromatic rings. The van der Waals surface area contributed by atoms with E-state index in [1.807, 2.05) is 0 Å². The number of hydrogen-bond acceptors (Lipinski definition) is 2. The summed E-state index contributed by atoms with van der Waals surface area (Å²) in [7, 11) is 0. The van der Waals surface area contributed by atoms with Crippen molar-refractivity contribution >= 4 is 11.6 Å². The number of hydrogen-bond donors (Lipinski definition) is 0. The average molecular weight is 193 g/mol. The SMILES string of the molecule is ClCCCOCC1CCOCC1. The summed E-state index contributed by atoms with van der Waals surface area (Å²) in [5.74, 6) is 1.42. The van der Waals surface area contributed by atoms with Crippen molar-refractivity contribution in [3.8, 4) is 0 Å². The molecule has 0 atom stereocenters. The van der Waals surface area contributed by atoms with Gasteiger partial charge in [-0.05, 0) is 25.2 Å². The normalized spacial score (nSPS) is 19.8. The van der Waals surface area contributed by atoms with E-state index >= 15 is 0 Å². The maximum absolute atomic E-state index is 5.52. The highest BCUT2D eigenvalue weighted by atomic mass is 35.5. The fourth-order valence-corrected chi connectivity index (χ4v) is 1.43. The molecule has 3 heteroatoms. The molecule has 1 heterocycles. The predicted octanol–water partition coefficient (Wildman–Crippen LogP) is 2.06. The van der Waals surface area contributed by atoms with Gasteiger partial charge in [0, 0.05) is 32.3 Å². The molecule has 1 rings (SSSR count). The fourth-order valence-electron chi connectivity index (χ4n) is 1.32. The third-order valence-electron chi connectivity index (χ3n) is 2.12. The zero-order valence-electron chi connectivity index (χ0n) is 7.43. The number of rotatable bonds is 5. The molecule has 1 aliphatic rings. The van der Waals surface area contributed by atoms with E-state index in [1.54, 1.807) is 0 Å². The van der Waals surface area contributed by atoms with Gasteiger partial charge in [-0.25, -0.2) is 0 Å². The first-order valence-corrected chi connectivity index (χ1v) is 5.18. The van der Waals surface area contributed by atoms with Crippen LogP contribution in [0, 0.1) is 5.92 Å². The predicted molar refractivity (Wildman–Crippen MR) is 49.7 cm³/mol. The van der Waals surface area contributed by atoms with E-state index in [-0.39, 0.29) is 0 Å². The van der Waals surface area contributed by atoms with Crippen molar-refractivity contribution in [2.24, 2.45) is 5.92 Å². The average Bonchev–Trinajstić information content (AvgIpc) is 2.14. The van der Waals surface area contributed by atoms with Crippen LogP contribution < -0.4 is 0 Å². The fraction of sp³-hybridized carbons (Fsp3) is 1.00. The quantitative estimate of drug-likeness (QED) is 0.491. The molecular formula is C9H17ClO2. The molecule has 12 heavy (non-hydrogen) atoms. The van der Waals surface area contributed by atoms with Gasteiger partial charge >= 0.3 is 0 Å². The molecule has 1 fully saturated rings. The van der Waals surface area contributed by atoms with Crippen LogP contribution in [0.1, 0.15) is 19.3 Å². The molecule has 0 bridgehead atoms. The molecule has 0 aromatic carbocycles. The van der Waals surface area contributed by atoms with E-state index in [4.69, 9.17) is 21.1 Å². The molecular weight excluding hydrogens is 176 g/mol. The van der Waals surface area contributed by atoms with Gasteiger partial charge in [0.05, 0.1) is 0 Å². The summed E-state index contributed by atoms with van der Waals surface area (Å²) in [5, 5.41) is 0. The summed E-state index contributed by atoms with van der Waals surface area (Å²) >= 11 is 5.52. The van der Waals surface area contributed by atoms with E-state index in [1.165, 1.54) is 0 Å². The van der Waals surface area contributed by atoms with Gasteiger partial charge in [0.1, 0.15) is 0 Å². The number of ether oxygens (including phenoxy) is 2. The molecule has 0 aliphatic carbocycles. The lowest BCUT2D eigenvalue weighted by Gasteiger charge is -2.21. The maximum Gasteiger partial charge on any atom is 0.0495 e. The highest BCUT2D eigenvalue weighted by Crippen LogP contribution is 2.14. The van der Waals surface area contributed by atoms with Gasteiger partial charge in [0.25, 0.3) is 0 Å². The van der Waals surface area contributed by atoms with E-state index in [0.717, 1.165) is 45.7 Å². The van der Waals surface area contributed by atoms with E-state index in [9.17, 15) is 0 Å². The number of alkyl halides is 1. The first kappa shape index (κ1) is 10.3. The highest BCUT2D eigenvalue weighted by molar-refractivity contribution is 6.17. The molecule has 1 aliphatic heterocycles. The lowest BCUT2D eigenvalue weighted by atomic mass is 10.0. The second-order valence-electron chi connectivity index (χ2n) is 3.17. The standard InChI is InChI=1S/C9H17ClO2/c10-4-1-5-12-8-9-2-6-11-7-3-9/h9H,1-8H2. The Balaban J connectivity index is 1.91. The molecule has 72 valence electrons. The molecule has 2 nitrogen and oxygen atoms in total. The summed E-state index contributed by atoms with van der Waals surface area (Å²) in [5.41, 5.74) is 0. The van der Waals surface area contributed by atoms with Crippen LogP contribution in [-0.4, -0.2) is 32.3 Å². The minimum absolute atomic E-state index is 0.702. The number of halogens is 1. The lowest BCUT2D eigenvalue weighted by Crippen LogP contribution is -2.20. The third-order valence-corrected chi connectivity index (χ3v) is 2.38. The Labute approximate surface area is 79.2 Å². The lowest BCUT2D eigenvalue weighted by molar-refractivity contribution is 0.0209. The van der Waals surface area contributed by atoms with Gasteiger partial charge in [-0.2, -0.15) is 0 Å². The van der Waals surface area contributed by atoms with Crippen LogP contribution in [0.5, 0.6) is 0 Å². The Bertz CT molecular complexity index is 103. The summed E-state index contributed by atoms with van der Waals surface area (Å²) in [4.78, 5) is 0. The Morgan fingerprint density at radius 2 is 2.08 bits per heavy atom. The second kappa shape index (κ2) is 6.70. The van der Waals surface area contributed by atoms with Crippen molar-refractivity contribution in [3.05, 3.63) is 0 Å². The Hall–Kier alpha value is 0.210. The summed E-state index contributed by atoms with van der Waals surface area (Å²) in [6.45, 7) is 3.51. The van der Waals surface area contributed by atoms with Crippen molar-refractivity contribution in [2.75, 3.05) is 32.3 Å². The zero-order chi connectivity index (χ0) is 8.65. The van der Waals surface area contributed by atoms with Gasteiger partial charge < -0.3 is 9.47 Å². The summed E-state index contributed by atoms with van der Waals surface area (Å²) in [6, 6.07) is 0. The van der Waals surface area contributed by atoms with Gasteiger partial charge in [-0.15, -0.1) is 11.6 Å². The molecule has 1 saturated heterocycles. The largest absolute Gasteiger partial charge is 0.381 e. The minimum Gasteiger partial charge on any atom is -0.381 e. The van der Waals surface area contributed by atoms with Crippen LogP contribution in [0.2, 0.25) is 0 Å². The molecule has 0 amide bonds. The highest BCUT2D eigenvalue weighted by Gasteiger charge is 2.13. The molecule has 0 aromatic heterocycles. The van der Waals surface area contributed by atoms with E-state index < -0.39 is 0 Å². The van der Waals surface area contributed by atoms with Crippen LogP contribution >= 0.6 is 11.6 Å². The topological polar surface area (TPSA) is 18.5 Å². The molecule has 0 radical (unpaired) electrons. The van der Waals surface area contributed by atoms with Gasteiger partial charge in [0.2, 0.25) is 0 Å².